The fourth-order valence-electron chi connectivity index (χ4n) is 1.41. The topological polar surface area (TPSA) is 45.5 Å². The number of hydrogen-bond donors (Lipinski definition) is 1. The number of amides is 1. The molecule has 0 aliphatic carbocycles. The summed E-state index contributed by atoms with van der Waals surface area (Å²) in [6.07, 6.45) is 0. The van der Waals surface area contributed by atoms with E-state index in [-0.39, 0.29) is 18.3 Å². The lowest BCUT2D eigenvalue weighted by atomic mass is 10.3. The van der Waals surface area contributed by atoms with Crippen molar-refractivity contribution >= 4 is 24.2 Å². The van der Waals surface area contributed by atoms with Crippen LogP contribution in [0.2, 0.25) is 0 Å². The summed E-state index contributed by atoms with van der Waals surface area (Å²) in [5.74, 6) is 1.56. The molecule has 1 N–H and O–H groups in total. The van der Waals surface area contributed by atoms with Crippen LogP contribution in [0.15, 0.2) is 16.5 Å². The molecule has 1 aromatic heterocycles. The zero-order chi connectivity index (χ0) is 9.26. The maximum absolute atomic E-state index is 11.4. The molecule has 0 radical (unpaired) electrons. The number of halogens is 1. The molecule has 1 aliphatic rings. The van der Waals surface area contributed by atoms with Gasteiger partial charge in [0.2, 0.25) is 11.8 Å². The molecular formula is C9H13ClN2O2. The number of carbonyl (C=O) groups is 1. The molecule has 2 heterocycles. The Kier molecular flexibility index (Phi) is 3.55. The van der Waals surface area contributed by atoms with Gasteiger partial charge in [0, 0.05) is 19.2 Å². The second-order valence-corrected chi connectivity index (χ2v) is 3.11. The highest BCUT2D eigenvalue weighted by Crippen LogP contribution is 2.18. The zero-order valence-electron chi connectivity index (χ0n) is 7.95. The van der Waals surface area contributed by atoms with E-state index in [9.17, 15) is 4.79 Å². The molecule has 0 bridgehead atoms. The fraction of sp³-hybridized carbons (Fsp3) is 0.444. The molecule has 1 amide bonds. The van der Waals surface area contributed by atoms with E-state index in [0.717, 1.165) is 12.3 Å². The van der Waals surface area contributed by atoms with Crippen molar-refractivity contribution in [1.82, 2.24) is 5.32 Å². The highest BCUT2D eigenvalue weighted by molar-refractivity contribution is 5.94. The number of carbonyl (C=O) groups excluding carboxylic acids is 1. The van der Waals surface area contributed by atoms with E-state index >= 15 is 0 Å². The Hall–Kier alpha value is -1.00. The second-order valence-electron chi connectivity index (χ2n) is 3.11. The first kappa shape index (κ1) is 11.1. The van der Waals surface area contributed by atoms with Crippen LogP contribution in [-0.4, -0.2) is 25.5 Å². The summed E-state index contributed by atoms with van der Waals surface area (Å²) in [5, 5.41) is 3.01. The quantitative estimate of drug-likeness (QED) is 0.760. The lowest BCUT2D eigenvalue weighted by Crippen LogP contribution is -2.48. The molecule has 1 aromatic rings. The summed E-state index contributed by atoms with van der Waals surface area (Å²) < 4.78 is 5.37. The number of furan rings is 1. The summed E-state index contributed by atoms with van der Waals surface area (Å²) in [4.78, 5) is 13.1. The average Bonchev–Trinajstić information content (AvgIpc) is 2.53. The third-order valence-electron chi connectivity index (χ3n) is 2.08. The normalized spacial score (nSPS) is 16.6. The summed E-state index contributed by atoms with van der Waals surface area (Å²) >= 11 is 0. The van der Waals surface area contributed by atoms with Crippen LogP contribution in [0.5, 0.6) is 0 Å². The molecule has 78 valence electrons. The van der Waals surface area contributed by atoms with Gasteiger partial charge in [-0.1, -0.05) is 0 Å². The van der Waals surface area contributed by atoms with Crippen LogP contribution < -0.4 is 10.2 Å². The lowest BCUT2D eigenvalue weighted by Gasteiger charge is -2.24. The smallest absolute Gasteiger partial charge is 0.243 e. The Labute approximate surface area is 88.7 Å². The van der Waals surface area contributed by atoms with Crippen molar-refractivity contribution in [2.45, 2.75) is 6.92 Å². The summed E-state index contributed by atoms with van der Waals surface area (Å²) in [5.41, 5.74) is 0. The second kappa shape index (κ2) is 4.48. The van der Waals surface area contributed by atoms with Crippen molar-refractivity contribution < 1.29 is 9.21 Å². The Morgan fingerprint density at radius 3 is 2.86 bits per heavy atom. The van der Waals surface area contributed by atoms with Gasteiger partial charge in [-0.3, -0.25) is 9.69 Å². The number of hydrogen-bond acceptors (Lipinski definition) is 3. The summed E-state index contributed by atoms with van der Waals surface area (Å²) in [6, 6.07) is 3.70. The van der Waals surface area contributed by atoms with Gasteiger partial charge < -0.3 is 9.73 Å². The Bertz CT molecular complexity index is 324. The van der Waals surface area contributed by atoms with Crippen LogP contribution in [-0.2, 0) is 4.79 Å². The van der Waals surface area contributed by atoms with E-state index in [0.29, 0.717) is 19.0 Å². The molecular weight excluding hydrogens is 204 g/mol. The predicted octanol–water partition coefficient (Wildman–Crippen LogP) is 0.946. The van der Waals surface area contributed by atoms with Gasteiger partial charge in [-0.05, 0) is 13.0 Å². The van der Waals surface area contributed by atoms with Crippen molar-refractivity contribution in [3.63, 3.8) is 0 Å². The van der Waals surface area contributed by atoms with E-state index in [1.165, 1.54) is 0 Å². The van der Waals surface area contributed by atoms with Crippen LogP contribution >= 0.6 is 12.4 Å². The first-order chi connectivity index (χ1) is 6.27. The largest absolute Gasteiger partial charge is 0.445 e. The van der Waals surface area contributed by atoms with Crippen molar-refractivity contribution in [2.24, 2.45) is 0 Å². The molecule has 1 saturated heterocycles. The van der Waals surface area contributed by atoms with Crippen LogP contribution in [0.4, 0.5) is 5.88 Å². The van der Waals surface area contributed by atoms with E-state index in [1.807, 2.05) is 19.1 Å². The molecule has 0 spiro atoms. The summed E-state index contributed by atoms with van der Waals surface area (Å²) in [7, 11) is 0. The van der Waals surface area contributed by atoms with Crippen molar-refractivity contribution in [3.05, 3.63) is 17.9 Å². The molecule has 1 fully saturated rings. The SMILES string of the molecule is Cc1ccc(N2CCNCC2=O)o1.Cl. The molecule has 0 saturated carbocycles. The van der Waals surface area contributed by atoms with E-state index in [4.69, 9.17) is 4.42 Å². The molecule has 14 heavy (non-hydrogen) atoms. The van der Waals surface area contributed by atoms with Gasteiger partial charge in [-0.25, -0.2) is 0 Å². The highest BCUT2D eigenvalue weighted by atomic mass is 35.5. The maximum Gasteiger partial charge on any atom is 0.243 e. The van der Waals surface area contributed by atoms with Crippen molar-refractivity contribution in [3.8, 4) is 0 Å². The van der Waals surface area contributed by atoms with Crippen molar-refractivity contribution in [2.75, 3.05) is 24.5 Å². The average molecular weight is 217 g/mol. The maximum atomic E-state index is 11.4. The minimum atomic E-state index is 0. The van der Waals surface area contributed by atoms with Crippen LogP contribution in [0.1, 0.15) is 5.76 Å². The molecule has 2 rings (SSSR count). The van der Waals surface area contributed by atoms with E-state index < -0.39 is 0 Å². The zero-order valence-corrected chi connectivity index (χ0v) is 8.76. The number of nitrogens with zero attached hydrogens (tertiary/aromatic N) is 1. The molecule has 4 nitrogen and oxygen atoms in total. The third-order valence-corrected chi connectivity index (χ3v) is 2.08. The number of aryl methyl sites for hydroxylation is 1. The Morgan fingerprint density at radius 2 is 2.29 bits per heavy atom. The predicted molar refractivity (Wildman–Crippen MR) is 55.9 cm³/mol. The Balaban J connectivity index is 0.000000980. The van der Waals surface area contributed by atoms with E-state index in [2.05, 4.69) is 5.32 Å². The molecule has 0 aromatic carbocycles. The van der Waals surface area contributed by atoms with Gasteiger partial charge in [0.15, 0.2) is 0 Å². The lowest BCUT2D eigenvalue weighted by molar-refractivity contribution is -0.118. The fourth-order valence-corrected chi connectivity index (χ4v) is 1.41. The van der Waals surface area contributed by atoms with Gasteiger partial charge in [-0.2, -0.15) is 0 Å². The molecule has 1 aliphatic heterocycles. The van der Waals surface area contributed by atoms with Gasteiger partial charge >= 0.3 is 0 Å². The monoisotopic (exact) mass is 216 g/mol. The minimum absolute atomic E-state index is 0. The molecule has 0 atom stereocenters. The first-order valence-corrected chi connectivity index (χ1v) is 4.35. The minimum Gasteiger partial charge on any atom is -0.445 e. The van der Waals surface area contributed by atoms with Gasteiger partial charge in [-0.15, -0.1) is 12.4 Å². The Morgan fingerprint density at radius 1 is 1.50 bits per heavy atom. The van der Waals surface area contributed by atoms with Gasteiger partial charge in [0.1, 0.15) is 5.76 Å². The highest BCUT2D eigenvalue weighted by Gasteiger charge is 2.21. The number of piperazine rings is 1. The van der Waals surface area contributed by atoms with Crippen LogP contribution in [0, 0.1) is 6.92 Å². The van der Waals surface area contributed by atoms with E-state index in [1.54, 1.807) is 4.90 Å². The van der Waals surface area contributed by atoms with Gasteiger partial charge in [0.05, 0.1) is 6.54 Å². The number of anilines is 1. The first-order valence-electron chi connectivity index (χ1n) is 4.35. The van der Waals surface area contributed by atoms with Crippen LogP contribution in [0.3, 0.4) is 0 Å². The third kappa shape index (κ3) is 2.08. The standard InChI is InChI=1S/C9H12N2O2.ClH/c1-7-2-3-9(13-7)11-5-4-10-6-8(11)12;/h2-3,10H,4-6H2,1H3;1H. The van der Waals surface area contributed by atoms with Gasteiger partial charge in [0.25, 0.3) is 0 Å². The molecule has 5 heteroatoms. The summed E-state index contributed by atoms with van der Waals surface area (Å²) in [6.45, 7) is 3.78. The van der Waals surface area contributed by atoms with Crippen LogP contribution in [0.25, 0.3) is 0 Å². The van der Waals surface area contributed by atoms with Crippen molar-refractivity contribution in [1.29, 1.82) is 0 Å². The molecule has 0 unspecified atom stereocenters. The number of rotatable bonds is 1. The number of nitrogens with one attached hydrogen (secondary N) is 1.